The number of aliphatic imine (C=N–C) groups is 1. The van der Waals surface area contributed by atoms with Crippen molar-refractivity contribution in [1.29, 1.82) is 0 Å². The summed E-state index contributed by atoms with van der Waals surface area (Å²) < 4.78 is 5.29. The second-order valence-electron chi connectivity index (χ2n) is 5.64. The van der Waals surface area contributed by atoms with E-state index in [2.05, 4.69) is 44.9 Å². The molecule has 3 N–H and O–H groups in total. The predicted molar refractivity (Wildman–Crippen MR) is 102 cm³/mol. The van der Waals surface area contributed by atoms with Gasteiger partial charge in [-0.25, -0.2) is 4.98 Å². The summed E-state index contributed by atoms with van der Waals surface area (Å²) in [6, 6.07) is 3.59. The lowest BCUT2D eigenvalue weighted by Crippen LogP contribution is -2.39. The van der Waals surface area contributed by atoms with E-state index in [9.17, 15) is 0 Å². The molecule has 0 aliphatic heterocycles. The molecule has 0 unspecified atom stereocenters. The SMILES string of the molecule is CN=C(NCCNc1ncc(Cl)cc1Cl)NCc1cc(C(C)C)no1. The number of rotatable bonds is 7. The van der Waals surface area contributed by atoms with Crippen LogP contribution in [0.1, 0.15) is 31.2 Å². The van der Waals surface area contributed by atoms with Crippen LogP contribution in [0.3, 0.4) is 0 Å². The van der Waals surface area contributed by atoms with Gasteiger partial charge < -0.3 is 20.5 Å². The molecule has 0 aliphatic rings. The highest BCUT2D eigenvalue weighted by Gasteiger charge is 2.08. The fourth-order valence-corrected chi connectivity index (χ4v) is 2.43. The van der Waals surface area contributed by atoms with Crippen molar-refractivity contribution in [3.8, 4) is 0 Å². The highest BCUT2D eigenvalue weighted by Crippen LogP contribution is 2.22. The first kappa shape index (κ1) is 19.3. The van der Waals surface area contributed by atoms with Crippen molar-refractivity contribution in [1.82, 2.24) is 20.8 Å². The molecule has 2 heterocycles. The van der Waals surface area contributed by atoms with E-state index in [1.54, 1.807) is 19.3 Å². The molecule has 0 atom stereocenters. The number of aromatic nitrogens is 2. The minimum Gasteiger partial charge on any atom is -0.367 e. The fraction of sp³-hybridized carbons (Fsp3) is 0.438. The summed E-state index contributed by atoms with van der Waals surface area (Å²) in [4.78, 5) is 8.30. The van der Waals surface area contributed by atoms with Crippen LogP contribution in [0.4, 0.5) is 5.82 Å². The first-order valence-corrected chi connectivity index (χ1v) is 8.70. The molecule has 2 aromatic heterocycles. The molecule has 2 rings (SSSR count). The second kappa shape index (κ2) is 9.48. The Kier molecular flexibility index (Phi) is 7.33. The maximum Gasteiger partial charge on any atom is 0.191 e. The van der Waals surface area contributed by atoms with Crippen LogP contribution in [0, 0.1) is 0 Å². The third-order valence-electron chi connectivity index (χ3n) is 3.34. The third kappa shape index (κ3) is 6.10. The highest BCUT2D eigenvalue weighted by molar-refractivity contribution is 6.35. The zero-order chi connectivity index (χ0) is 18.2. The predicted octanol–water partition coefficient (Wildman–Crippen LogP) is 3.28. The molecule has 0 radical (unpaired) electrons. The maximum absolute atomic E-state index is 6.06. The summed E-state index contributed by atoms with van der Waals surface area (Å²) in [5.74, 6) is 2.37. The van der Waals surface area contributed by atoms with Gasteiger partial charge in [0.1, 0.15) is 5.82 Å². The minimum absolute atomic E-state index is 0.342. The smallest absolute Gasteiger partial charge is 0.191 e. The van der Waals surface area contributed by atoms with Gasteiger partial charge in [-0.2, -0.15) is 0 Å². The van der Waals surface area contributed by atoms with Gasteiger partial charge >= 0.3 is 0 Å². The Morgan fingerprint density at radius 3 is 2.68 bits per heavy atom. The lowest BCUT2D eigenvalue weighted by Gasteiger charge is -2.12. The van der Waals surface area contributed by atoms with Crippen molar-refractivity contribution in [2.24, 2.45) is 4.99 Å². The van der Waals surface area contributed by atoms with Gasteiger partial charge in [-0.1, -0.05) is 42.2 Å². The van der Waals surface area contributed by atoms with E-state index in [1.165, 1.54) is 0 Å². The van der Waals surface area contributed by atoms with Crippen molar-refractivity contribution in [3.05, 3.63) is 39.8 Å². The first-order chi connectivity index (χ1) is 12.0. The highest BCUT2D eigenvalue weighted by atomic mass is 35.5. The normalized spacial score (nSPS) is 11.7. The van der Waals surface area contributed by atoms with Crippen molar-refractivity contribution in [2.45, 2.75) is 26.3 Å². The van der Waals surface area contributed by atoms with Gasteiger partial charge in [-0.3, -0.25) is 4.99 Å². The Balaban J connectivity index is 1.72. The molecule has 0 saturated carbocycles. The zero-order valence-corrected chi connectivity index (χ0v) is 15.9. The summed E-state index contributed by atoms with van der Waals surface area (Å²) in [7, 11) is 1.71. The monoisotopic (exact) mass is 384 g/mol. The largest absolute Gasteiger partial charge is 0.367 e. The van der Waals surface area contributed by atoms with E-state index in [4.69, 9.17) is 27.7 Å². The van der Waals surface area contributed by atoms with Crippen LogP contribution in [0.2, 0.25) is 10.0 Å². The third-order valence-corrected chi connectivity index (χ3v) is 3.83. The number of pyridine rings is 1. The van der Waals surface area contributed by atoms with E-state index in [1.807, 2.05) is 6.07 Å². The second-order valence-corrected chi connectivity index (χ2v) is 6.48. The quantitative estimate of drug-likeness (QED) is 0.385. The lowest BCUT2D eigenvalue weighted by molar-refractivity contribution is 0.372. The molecule has 2 aromatic rings. The number of nitrogens with one attached hydrogen (secondary N) is 3. The van der Waals surface area contributed by atoms with E-state index in [0.29, 0.717) is 47.4 Å². The summed E-state index contributed by atoms with van der Waals surface area (Å²) in [6.45, 7) is 5.91. The summed E-state index contributed by atoms with van der Waals surface area (Å²) in [6.07, 6.45) is 1.55. The molecule has 0 spiro atoms. The van der Waals surface area contributed by atoms with Gasteiger partial charge in [-0.15, -0.1) is 0 Å². The molecule has 0 bridgehead atoms. The standard InChI is InChI=1S/C16H22Cl2N6O/c1-10(2)14-7-12(25-24-14)9-23-16(19-3)21-5-4-20-15-13(18)6-11(17)8-22-15/h6-8,10H,4-5,9H2,1-3H3,(H,20,22)(H2,19,21,23). The van der Waals surface area contributed by atoms with Gasteiger partial charge in [0.15, 0.2) is 11.7 Å². The molecular formula is C16H22Cl2N6O. The van der Waals surface area contributed by atoms with Crippen LogP contribution >= 0.6 is 23.2 Å². The van der Waals surface area contributed by atoms with E-state index >= 15 is 0 Å². The van der Waals surface area contributed by atoms with E-state index in [0.717, 1.165) is 11.5 Å². The van der Waals surface area contributed by atoms with Crippen molar-refractivity contribution in [3.63, 3.8) is 0 Å². The Morgan fingerprint density at radius 1 is 1.24 bits per heavy atom. The molecule has 0 saturated heterocycles. The van der Waals surface area contributed by atoms with E-state index in [-0.39, 0.29) is 0 Å². The Bertz CT molecular complexity index is 716. The number of guanidine groups is 1. The molecule has 25 heavy (non-hydrogen) atoms. The Hall–Kier alpha value is -1.99. The van der Waals surface area contributed by atoms with Crippen LogP contribution in [0.15, 0.2) is 27.8 Å². The topological polar surface area (TPSA) is 87.4 Å². The van der Waals surface area contributed by atoms with Crippen LogP contribution in [-0.4, -0.2) is 36.2 Å². The van der Waals surface area contributed by atoms with Crippen LogP contribution in [-0.2, 0) is 6.54 Å². The summed E-state index contributed by atoms with van der Waals surface area (Å²) in [5.41, 5.74) is 0.941. The average molecular weight is 385 g/mol. The number of nitrogens with zero attached hydrogens (tertiary/aromatic N) is 3. The summed E-state index contributed by atoms with van der Waals surface area (Å²) >= 11 is 11.9. The Labute approximate surface area is 157 Å². The number of hydrogen-bond acceptors (Lipinski definition) is 5. The first-order valence-electron chi connectivity index (χ1n) is 7.94. The fourth-order valence-electron chi connectivity index (χ4n) is 1.98. The van der Waals surface area contributed by atoms with Crippen LogP contribution in [0.25, 0.3) is 0 Å². The Morgan fingerprint density at radius 2 is 2.04 bits per heavy atom. The average Bonchev–Trinajstić information content (AvgIpc) is 3.05. The molecule has 0 amide bonds. The van der Waals surface area contributed by atoms with Gasteiger partial charge in [-0.05, 0) is 12.0 Å². The van der Waals surface area contributed by atoms with Gasteiger partial charge in [0.2, 0.25) is 0 Å². The molecule has 0 aliphatic carbocycles. The van der Waals surface area contributed by atoms with Crippen LogP contribution in [0.5, 0.6) is 0 Å². The van der Waals surface area contributed by atoms with E-state index < -0.39 is 0 Å². The number of anilines is 1. The minimum atomic E-state index is 0.342. The van der Waals surface area contributed by atoms with Gasteiger partial charge in [0.25, 0.3) is 0 Å². The molecule has 136 valence electrons. The molecule has 9 heteroatoms. The van der Waals surface area contributed by atoms with Crippen molar-refractivity contribution in [2.75, 3.05) is 25.5 Å². The summed E-state index contributed by atoms with van der Waals surface area (Å²) in [5, 5.41) is 14.5. The molecule has 7 nitrogen and oxygen atoms in total. The maximum atomic E-state index is 6.06. The van der Waals surface area contributed by atoms with Crippen molar-refractivity contribution < 1.29 is 4.52 Å². The lowest BCUT2D eigenvalue weighted by atomic mass is 10.1. The molecule has 0 fully saturated rings. The van der Waals surface area contributed by atoms with Gasteiger partial charge in [0, 0.05) is 32.4 Å². The number of hydrogen-bond donors (Lipinski definition) is 3. The molecular weight excluding hydrogens is 363 g/mol. The number of halogens is 2. The van der Waals surface area contributed by atoms with Crippen molar-refractivity contribution >= 4 is 35.0 Å². The molecule has 0 aromatic carbocycles. The van der Waals surface area contributed by atoms with Crippen LogP contribution < -0.4 is 16.0 Å². The zero-order valence-electron chi connectivity index (χ0n) is 14.4. The van der Waals surface area contributed by atoms with Gasteiger partial charge in [0.05, 0.1) is 22.3 Å².